The fourth-order valence-electron chi connectivity index (χ4n) is 1.92. The van der Waals surface area contributed by atoms with Gasteiger partial charge in [0.15, 0.2) is 0 Å². The van der Waals surface area contributed by atoms with Crippen molar-refractivity contribution in [1.82, 2.24) is 14.9 Å². The summed E-state index contributed by atoms with van der Waals surface area (Å²) in [4.78, 5) is 12.7. The van der Waals surface area contributed by atoms with Gasteiger partial charge in [-0.05, 0) is 36.4 Å². The topological polar surface area (TPSA) is 32.3 Å². The molecule has 0 aromatic carbocycles. The van der Waals surface area contributed by atoms with Crippen LogP contribution in [0.25, 0.3) is 0 Å². The van der Waals surface area contributed by atoms with Crippen LogP contribution >= 0.6 is 27.5 Å². The minimum absolute atomic E-state index is 0.471. The third-order valence-electron chi connectivity index (χ3n) is 2.92. The van der Waals surface area contributed by atoms with Crippen LogP contribution in [0.15, 0.2) is 10.8 Å². The van der Waals surface area contributed by atoms with Gasteiger partial charge in [0.2, 0.25) is 0 Å². The second kappa shape index (κ2) is 4.85. The lowest BCUT2D eigenvalue weighted by molar-refractivity contribution is 0.315. The largest absolute Gasteiger partial charge is 0.354 e. The van der Waals surface area contributed by atoms with E-state index >= 15 is 0 Å². The molecular formula is C10H14BrClN4. The molecule has 1 aromatic rings. The Bertz CT molecular complexity index is 385. The maximum Gasteiger partial charge on any atom is 0.148 e. The van der Waals surface area contributed by atoms with Gasteiger partial charge in [-0.25, -0.2) is 9.97 Å². The second-order valence-electron chi connectivity index (χ2n) is 4.15. The molecular weight excluding hydrogens is 291 g/mol. The lowest BCUT2D eigenvalue weighted by atomic mass is 10.2. The lowest BCUT2D eigenvalue weighted by Gasteiger charge is -2.21. The highest BCUT2D eigenvalue weighted by atomic mass is 79.9. The van der Waals surface area contributed by atoms with Crippen LogP contribution in [0.4, 0.5) is 5.82 Å². The van der Waals surface area contributed by atoms with Crippen molar-refractivity contribution in [1.29, 1.82) is 0 Å². The van der Waals surface area contributed by atoms with Crippen molar-refractivity contribution in [2.75, 3.05) is 32.1 Å². The van der Waals surface area contributed by atoms with E-state index in [-0.39, 0.29) is 0 Å². The molecule has 0 radical (unpaired) electrons. The Morgan fingerprint density at radius 2 is 2.25 bits per heavy atom. The zero-order valence-electron chi connectivity index (χ0n) is 9.32. The highest BCUT2D eigenvalue weighted by Crippen LogP contribution is 2.31. The molecule has 1 aromatic heterocycles. The van der Waals surface area contributed by atoms with Crippen LogP contribution in [0.3, 0.4) is 0 Å². The van der Waals surface area contributed by atoms with Gasteiger partial charge in [0.25, 0.3) is 0 Å². The molecule has 16 heavy (non-hydrogen) atoms. The van der Waals surface area contributed by atoms with Gasteiger partial charge in [0, 0.05) is 19.1 Å². The fourth-order valence-corrected chi connectivity index (χ4v) is 2.50. The number of likely N-dealkylation sites (N-methyl/N-ethyl adjacent to an activating group) is 1. The molecule has 1 unspecified atom stereocenters. The van der Waals surface area contributed by atoms with Crippen LogP contribution < -0.4 is 4.90 Å². The van der Waals surface area contributed by atoms with Crippen molar-refractivity contribution in [2.45, 2.75) is 12.5 Å². The van der Waals surface area contributed by atoms with Crippen molar-refractivity contribution >= 4 is 33.3 Å². The highest BCUT2D eigenvalue weighted by molar-refractivity contribution is 9.10. The number of hydrogen-bond donors (Lipinski definition) is 0. The fraction of sp³-hybridized carbons (Fsp3) is 0.600. The van der Waals surface area contributed by atoms with Gasteiger partial charge in [-0.2, -0.15) is 0 Å². The zero-order chi connectivity index (χ0) is 11.7. The molecule has 1 atom stereocenters. The average molecular weight is 306 g/mol. The summed E-state index contributed by atoms with van der Waals surface area (Å²) in [6.07, 6.45) is 2.66. The second-order valence-corrected chi connectivity index (χ2v) is 5.31. The van der Waals surface area contributed by atoms with E-state index in [1.165, 1.54) is 6.33 Å². The van der Waals surface area contributed by atoms with Crippen LogP contribution in [-0.2, 0) is 0 Å². The number of anilines is 1. The summed E-state index contributed by atoms with van der Waals surface area (Å²) in [5.74, 6) is 0.893. The molecule has 0 bridgehead atoms. The predicted octanol–water partition coefficient (Wildman–Crippen LogP) is 2.03. The van der Waals surface area contributed by atoms with E-state index in [0.717, 1.165) is 29.8 Å². The summed E-state index contributed by atoms with van der Waals surface area (Å²) >= 11 is 9.39. The monoisotopic (exact) mass is 304 g/mol. The highest BCUT2D eigenvalue weighted by Gasteiger charge is 2.26. The number of rotatable bonds is 2. The molecule has 88 valence electrons. The molecule has 2 heterocycles. The van der Waals surface area contributed by atoms with E-state index in [1.807, 2.05) is 0 Å². The molecule has 1 saturated heterocycles. The SMILES string of the molecule is CN(C)C1CCN(c2ncnc(Cl)c2Br)C1. The summed E-state index contributed by atoms with van der Waals surface area (Å²) in [6, 6.07) is 0.584. The molecule has 0 saturated carbocycles. The number of hydrogen-bond acceptors (Lipinski definition) is 4. The van der Waals surface area contributed by atoms with Gasteiger partial charge in [0.05, 0.1) is 4.47 Å². The van der Waals surface area contributed by atoms with E-state index in [0.29, 0.717) is 11.2 Å². The first-order chi connectivity index (χ1) is 7.59. The number of halogens is 2. The Kier molecular flexibility index (Phi) is 3.66. The van der Waals surface area contributed by atoms with Crippen LogP contribution in [0.2, 0.25) is 5.15 Å². The third kappa shape index (κ3) is 2.31. The van der Waals surface area contributed by atoms with Crippen LogP contribution in [-0.4, -0.2) is 48.1 Å². The maximum atomic E-state index is 5.96. The van der Waals surface area contributed by atoms with Crippen LogP contribution in [0.5, 0.6) is 0 Å². The van der Waals surface area contributed by atoms with E-state index < -0.39 is 0 Å². The Labute approximate surface area is 109 Å². The van der Waals surface area contributed by atoms with E-state index in [9.17, 15) is 0 Å². The molecule has 1 aliphatic heterocycles. The quantitative estimate of drug-likeness (QED) is 0.783. The normalized spacial score (nSPS) is 20.8. The Balaban J connectivity index is 2.17. The molecule has 0 aliphatic carbocycles. The standard InChI is InChI=1S/C10H14BrClN4/c1-15(2)7-3-4-16(5-7)10-8(11)9(12)13-6-14-10/h6-7H,3-5H2,1-2H3. The van der Waals surface area contributed by atoms with Crippen LogP contribution in [0.1, 0.15) is 6.42 Å². The summed E-state index contributed by atoms with van der Waals surface area (Å²) in [7, 11) is 4.21. The molecule has 2 rings (SSSR count). The first kappa shape index (κ1) is 12.1. The Morgan fingerprint density at radius 1 is 1.50 bits per heavy atom. The smallest absolute Gasteiger partial charge is 0.148 e. The predicted molar refractivity (Wildman–Crippen MR) is 69.0 cm³/mol. The molecule has 0 spiro atoms. The van der Waals surface area contributed by atoms with Gasteiger partial charge < -0.3 is 9.80 Å². The van der Waals surface area contributed by atoms with Crippen molar-refractivity contribution in [3.8, 4) is 0 Å². The van der Waals surface area contributed by atoms with Gasteiger partial charge in [-0.1, -0.05) is 11.6 Å². The minimum atomic E-state index is 0.471. The van der Waals surface area contributed by atoms with E-state index in [4.69, 9.17) is 11.6 Å². The summed E-state index contributed by atoms with van der Waals surface area (Å²) in [6.45, 7) is 1.99. The van der Waals surface area contributed by atoms with E-state index in [1.54, 1.807) is 0 Å². The molecule has 6 heteroatoms. The summed E-state index contributed by atoms with van der Waals surface area (Å²) in [5, 5.41) is 0.471. The molecule has 1 fully saturated rings. The molecule has 0 N–H and O–H groups in total. The molecule has 0 amide bonds. The molecule has 4 nitrogen and oxygen atoms in total. The van der Waals surface area contributed by atoms with Crippen molar-refractivity contribution in [3.05, 3.63) is 16.0 Å². The van der Waals surface area contributed by atoms with Gasteiger partial charge in [-0.15, -0.1) is 0 Å². The molecule has 1 aliphatic rings. The number of aromatic nitrogens is 2. The summed E-state index contributed by atoms with van der Waals surface area (Å²) < 4.78 is 0.788. The van der Waals surface area contributed by atoms with Crippen molar-refractivity contribution in [2.24, 2.45) is 0 Å². The lowest BCUT2D eigenvalue weighted by Crippen LogP contribution is -2.31. The van der Waals surface area contributed by atoms with Crippen molar-refractivity contribution in [3.63, 3.8) is 0 Å². The van der Waals surface area contributed by atoms with Gasteiger partial charge in [0.1, 0.15) is 17.3 Å². The van der Waals surface area contributed by atoms with Gasteiger partial charge in [-0.3, -0.25) is 0 Å². The third-order valence-corrected chi connectivity index (χ3v) is 4.17. The zero-order valence-corrected chi connectivity index (χ0v) is 11.7. The maximum absolute atomic E-state index is 5.96. The van der Waals surface area contributed by atoms with E-state index in [2.05, 4.69) is 49.8 Å². The first-order valence-corrected chi connectivity index (χ1v) is 6.34. The summed E-state index contributed by atoms with van der Waals surface area (Å²) in [5.41, 5.74) is 0. The van der Waals surface area contributed by atoms with Crippen molar-refractivity contribution < 1.29 is 0 Å². The van der Waals surface area contributed by atoms with Crippen LogP contribution in [0, 0.1) is 0 Å². The average Bonchev–Trinajstić information content (AvgIpc) is 2.71. The number of nitrogens with zero attached hydrogens (tertiary/aromatic N) is 4. The first-order valence-electron chi connectivity index (χ1n) is 5.17. The Morgan fingerprint density at radius 3 is 2.88 bits per heavy atom. The Hall–Kier alpha value is -0.390. The minimum Gasteiger partial charge on any atom is -0.354 e. The van der Waals surface area contributed by atoms with Gasteiger partial charge >= 0.3 is 0 Å².